The molecular weight excluding hydrogens is 244 g/mol. The number of carboxylic acids is 1. The maximum absolute atomic E-state index is 11.5. The van der Waals surface area contributed by atoms with E-state index in [-0.39, 0.29) is 0 Å². The number of carboxylic acid groups (broad SMARTS) is 1. The number of likely N-dealkylation sites (tertiary alicyclic amines) is 1. The third-order valence-electron chi connectivity index (χ3n) is 3.88. The van der Waals surface area contributed by atoms with Gasteiger partial charge in [-0.25, -0.2) is 4.98 Å². The van der Waals surface area contributed by atoms with Crippen LogP contribution >= 0.6 is 0 Å². The van der Waals surface area contributed by atoms with Crippen LogP contribution in [0.15, 0.2) is 18.3 Å². The number of hydrogen-bond acceptors (Lipinski definition) is 4. The lowest BCUT2D eigenvalue weighted by atomic mass is 9.88. The highest BCUT2D eigenvalue weighted by molar-refractivity contribution is 5.78. The number of nitrogens with zero attached hydrogens (tertiary/aromatic N) is 2. The van der Waals surface area contributed by atoms with Gasteiger partial charge in [0.05, 0.1) is 7.11 Å². The van der Waals surface area contributed by atoms with Crippen LogP contribution in [0, 0.1) is 0 Å². The third-order valence-corrected chi connectivity index (χ3v) is 3.88. The van der Waals surface area contributed by atoms with Crippen LogP contribution in [0.25, 0.3) is 0 Å². The van der Waals surface area contributed by atoms with Crippen LogP contribution in [0.1, 0.15) is 31.7 Å². The van der Waals surface area contributed by atoms with Crippen LogP contribution in [0.4, 0.5) is 0 Å². The fourth-order valence-corrected chi connectivity index (χ4v) is 2.52. The summed E-state index contributed by atoms with van der Waals surface area (Å²) >= 11 is 0. The van der Waals surface area contributed by atoms with Crippen LogP contribution in [-0.2, 0) is 11.3 Å². The van der Waals surface area contributed by atoms with Crippen LogP contribution in [-0.4, -0.2) is 40.2 Å². The molecule has 1 aliphatic heterocycles. The molecule has 0 amide bonds. The molecular formula is C14H20N2O3. The van der Waals surface area contributed by atoms with Crippen molar-refractivity contribution in [3.8, 4) is 5.88 Å². The number of ether oxygens (including phenoxy) is 1. The number of methoxy groups -OCH3 is 1. The van der Waals surface area contributed by atoms with E-state index in [1.54, 1.807) is 19.4 Å². The molecule has 2 heterocycles. The zero-order valence-corrected chi connectivity index (χ0v) is 11.4. The zero-order valence-electron chi connectivity index (χ0n) is 11.4. The van der Waals surface area contributed by atoms with Crippen molar-refractivity contribution < 1.29 is 14.6 Å². The summed E-state index contributed by atoms with van der Waals surface area (Å²) in [6.45, 7) is 3.24. The molecule has 1 aliphatic rings. The quantitative estimate of drug-likeness (QED) is 0.900. The molecule has 0 bridgehead atoms. The van der Waals surface area contributed by atoms with Crippen LogP contribution in [0.3, 0.4) is 0 Å². The van der Waals surface area contributed by atoms with Crippen molar-refractivity contribution in [3.63, 3.8) is 0 Å². The molecule has 1 unspecified atom stereocenters. The van der Waals surface area contributed by atoms with E-state index in [1.807, 2.05) is 17.9 Å². The first-order valence-electron chi connectivity index (χ1n) is 6.53. The van der Waals surface area contributed by atoms with E-state index in [1.165, 1.54) is 0 Å². The van der Waals surface area contributed by atoms with Gasteiger partial charge in [0.25, 0.3) is 0 Å². The average Bonchev–Trinajstić information content (AvgIpc) is 2.42. The van der Waals surface area contributed by atoms with Crippen LogP contribution < -0.4 is 4.74 Å². The Bertz CT molecular complexity index is 447. The van der Waals surface area contributed by atoms with Gasteiger partial charge in [0.15, 0.2) is 0 Å². The smallest absolute Gasteiger partial charge is 0.323 e. The van der Waals surface area contributed by atoms with Crippen molar-refractivity contribution in [2.24, 2.45) is 0 Å². The molecule has 104 valence electrons. The van der Waals surface area contributed by atoms with Crippen LogP contribution in [0.5, 0.6) is 5.88 Å². The number of aliphatic carboxylic acids is 1. The Morgan fingerprint density at radius 3 is 2.89 bits per heavy atom. The highest BCUT2D eigenvalue weighted by Crippen LogP contribution is 2.29. The van der Waals surface area contributed by atoms with Crippen molar-refractivity contribution in [3.05, 3.63) is 23.9 Å². The van der Waals surface area contributed by atoms with Gasteiger partial charge in [0.2, 0.25) is 5.88 Å². The minimum atomic E-state index is -0.766. The van der Waals surface area contributed by atoms with E-state index in [9.17, 15) is 9.90 Å². The second-order valence-corrected chi connectivity index (χ2v) is 5.17. The van der Waals surface area contributed by atoms with Crippen molar-refractivity contribution in [1.82, 2.24) is 9.88 Å². The molecule has 5 heteroatoms. The fourth-order valence-electron chi connectivity index (χ4n) is 2.52. The van der Waals surface area contributed by atoms with Gasteiger partial charge in [0, 0.05) is 18.8 Å². The lowest BCUT2D eigenvalue weighted by molar-refractivity contribution is -0.153. The summed E-state index contributed by atoms with van der Waals surface area (Å²) < 4.78 is 5.02. The van der Waals surface area contributed by atoms with Crippen molar-refractivity contribution in [2.75, 3.05) is 13.7 Å². The normalized spacial score (nSPS) is 24.1. The predicted octanol–water partition coefficient (Wildman–Crippen LogP) is 1.92. The lowest BCUT2D eigenvalue weighted by Gasteiger charge is -2.41. The Hall–Kier alpha value is -1.62. The molecule has 1 N–H and O–H groups in total. The molecule has 1 atom stereocenters. The van der Waals surface area contributed by atoms with Crippen LogP contribution in [0.2, 0.25) is 0 Å². The van der Waals surface area contributed by atoms with Crippen molar-refractivity contribution in [2.45, 2.75) is 38.3 Å². The summed E-state index contributed by atoms with van der Waals surface area (Å²) in [4.78, 5) is 17.7. The first-order valence-corrected chi connectivity index (χ1v) is 6.53. The largest absolute Gasteiger partial charge is 0.481 e. The van der Waals surface area contributed by atoms with Gasteiger partial charge in [0.1, 0.15) is 5.54 Å². The molecule has 1 aromatic rings. The average molecular weight is 264 g/mol. The SMILES string of the molecule is COc1ccc(CN2CCCCC2(C)C(=O)O)cn1. The number of hydrogen-bond donors (Lipinski definition) is 1. The van der Waals surface area contributed by atoms with E-state index in [0.717, 1.165) is 24.9 Å². The summed E-state index contributed by atoms with van der Waals surface area (Å²) in [6, 6.07) is 3.74. The highest BCUT2D eigenvalue weighted by Gasteiger charge is 2.41. The van der Waals surface area contributed by atoms with Gasteiger partial charge in [-0.05, 0) is 38.3 Å². The molecule has 1 fully saturated rings. The maximum Gasteiger partial charge on any atom is 0.323 e. The minimum absolute atomic E-state index is 0.573. The van der Waals surface area contributed by atoms with Crippen molar-refractivity contribution in [1.29, 1.82) is 0 Å². The van der Waals surface area contributed by atoms with E-state index in [2.05, 4.69) is 4.98 Å². The van der Waals surface area contributed by atoms with Gasteiger partial charge in [-0.1, -0.05) is 6.07 Å². The second-order valence-electron chi connectivity index (χ2n) is 5.17. The Morgan fingerprint density at radius 2 is 2.32 bits per heavy atom. The third kappa shape index (κ3) is 2.87. The van der Waals surface area contributed by atoms with E-state index in [4.69, 9.17) is 4.74 Å². The Morgan fingerprint density at radius 1 is 1.53 bits per heavy atom. The fraction of sp³-hybridized carbons (Fsp3) is 0.571. The standard InChI is InChI=1S/C14H20N2O3/c1-14(13(17)18)7-3-4-8-16(14)10-11-5-6-12(19-2)15-9-11/h5-6,9H,3-4,7-8,10H2,1-2H3,(H,17,18). The first kappa shape index (κ1) is 13.8. The molecule has 5 nitrogen and oxygen atoms in total. The molecule has 0 spiro atoms. The molecule has 0 aromatic carbocycles. The van der Waals surface area contributed by atoms with Crippen molar-refractivity contribution >= 4 is 5.97 Å². The number of carbonyl (C=O) groups is 1. The Labute approximate surface area is 113 Å². The number of rotatable bonds is 4. The summed E-state index contributed by atoms with van der Waals surface area (Å²) in [5, 5.41) is 9.45. The Kier molecular flexibility index (Phi) is 4.04. The molecule has 19 heavy (non-hydrogen) atoms. The van der Waals surface area contributed by atoms with Gasteiger partial charge in [-0.2, -0.15) is 0 Å². The van der Waals surface area contributed by atoms with Gasteiger partial charge in [-0.15, -0.1) is 0 Å². The Balaban J connectivity index is 2.12. The van der Waals surface area contributed by atoms with Gasteiger partial charge >= 0.3 is 5.97 Å². The molecule has 1 saturated heterocycles. The first-order chi connectivity index (χ1) is 9.06. The monoisotopic (exact) mass is 264 g/mol. The molecule has 2 rings (SSSR count). The summed E-state index contributed by atoms with van der Waals surface area (Å²) in [5.74, 6) is -0.169. The number of pyridine rings is 1. The minimum Gasteiger partial charge on any atom is -0.481 e. The zero-order chi connectivity index (χ0) is 13.9. The second kappa shape index (κ2) is 5.57. The highest BCUT2D eigenvalue weighted by atomic mass is 16.5. The summed E-state index contributed by atoms with van der Waals surface area (Å²) in [6.07, 6.45) is 4.47. The molecule has 0 aliphatic carbocycles. The summed E-state index contributed by atoms with van der Waals surface area (Å²) in [7, 11) is 1.58. The van der Waals surface area contributed by atoms with Gasteiger partial charge in [-0.3, -0.25) is 9.69 Å². The van der Waals surface area contributed by atoms with E-state index < -0.39 is 11.5 Å². The maximum atomic E-state index is 11.5. The van der Waals surface area contributed by atoms with Gasteiger partial charge < -0.3 is 9.84 Å². The predicted molar refractivity (Wildman–Crippen MR) is 71.1 cm³/mol. The van der Waals surface area contributed by atoms with E-state index in [0.29, 0.717) is 18.8 Å². The summed E-state index contributed by atoms with van der Waals surface area (Å²) in [5.41, 5.74) is 0.244. The lowest BCUT2D eigenvalue weighted by Crippen LogP contribution is -2.54. The number of piperidine rings is 1. The number of aromatic nitrogens is 1. The topological polar surface area (TPSA) is 62.7 Å². The van der Waals surface area contributed by atoms with E-state index >= 15 is 0 Å². The molecule has 0 saturated carbocycles. The molecule has 0 radical (unpaired) electrons. The molecule has 1 aromatic heterocycles.